The summed E-state index contributed by atoms with van der Waals surface area (Å²) >= 11 is 0. The van der Waals surface area contributed by atoms with Crippen LogP contribution in [-0.2, 0) is 19.6 Å². The van der Waals surface area contributed by atoms with Crippen molar-refractivity contribution in [2.75, 3.05) is 0 Å². The number of benzene rings is 3. The number of nitrogens with one attached hydrogen (secondary N) is 1. The number of aryl methyl sites for hydroxylation is 2. The summed E-state index contributed by atoms with van der Waals surface area (Å²) in [6, 6.07) is 22.6. The second-order valence-electron chi connectivity index (χ2n) is 9.81. The lowest BCUT2D eigenvalue weighted by Gasteiger charge is -2.30. The van der Waals surface area contributed by atoms with Crippen molar-refractivity contribution in [1.29, 1.82) is 0 Å². The van der Waals surface area contributed by atoms with E-state index in [1.807, 2.05) is 31.2 Å². The molecule has 2 aromatic heterocycles. The highest BCUT2D eigenvalue weighted by Gasteiger charge is 2.26. The van der Waals surface area contributed by atoms with Crippen LogP contribution in [0.5, 0.6) is 0 Å². The van der Waals surface area contributed by atoms with Crippen LogP contribution >= 0.6 is 0 Å². The summed E-state index contributed by atoms with van der Waals surface area (Å²) in [4.78, 5) is 18.6. The molecule has 7 nitrogen and oxygen atoms in total. The summed E-state index contributed by atoms with van der Waals surface area (Å²) in [5, 5.41) is 13.6. The van der Waals surface area contributed by atoms with Crippen molar-refractivity contribution in [3.63, 3.8) is 0 Å². The highest BCUT2D eigenvalue weighted by molar-refractivity contribution is 5.82. The first-order chi connectivity index (χ1) is 18.4. The molecular formula is C30H31FN6O. The molecule has 2 heterocycles. The van der Waals surface area contributed by atoms with Crippen LogP contribution in [0, 0.1) is 19.7 Å². The molecule has 0 amide bonds. The molecule has 3 aromatic carbocycles. The second-order valence-corrected chi connectivity index (χ2v) is 9.81. The monoisotopic (exact) mass is 510 g/mol. The molecule has 5 rings (SSSR count). The maximum atomic E-state index is 13.4. The van der Waals surface area contributed by atoms with E-state index in [4.69, 9.17) is 0 Å². The quantitative estimate of drug-likeness (QED) is 0.284. The average molecular weight is 511 g/mol. The molecule has 8 heteroatoms. The number of hydrogen-bond donors (Lipinski definition) is 1. The molecule has 0 aliphatic rings. The molecule has 1 atom stereocenters. The molecule has 0 saturated carbocycles. The standard InChI is InChI=1S/C30H31FN6O/c1-4-27(29-33-34-35-37(29)18-23-10-12-26(31)13-11-23)36(17-22-8-6-5-7-9-22)19-25-16-24-15-20(2)14-21(3)28(24)32-30(25)38/h5-16,27H,4,17-19H2,1-3H3,(H,32,38)/t27-/m1/s1. The Hall–Kier alpha value is -4.17. The number of rotatable bonds is 9. The Balaban J connectivity index is 1.52. The van der Waals surface area contributed by atoms with Gasteiger partial charge in [-0.1, -0.05) is 61.0 Å². The number of aromatic nitrogens is 5. The van der Waals surface area contributed by atoms with Crippen LogP contribution < -0.4 is 5.56 Å². The van der Waals surface area contributed by atoms with Crippen molar-refractivity contribution < 1.29 is 4.39 Å². The van der Waals surface area contributed by atoms with Crippen molar-refractivity contribution in [1.82, 2.24) is 30.1 Å². The number of tetrazole rings is 1. The fraction of sp³-hybridized carbons (Fsp3) is 0.267. The normalized spacial score (nSPS) is 12.3. The van der Waals surface area contributed by atoms with Crippen molar-refractivity contribution in [2.24, 2.45) is 0 Å². The van der Waals surface area contributed by atoms with E-state index in [2.05, 4.69) is 63.5 Å². The fourth-order valence-corrected chi connectivity index (χ4v) is 5.09. The lowest BCUT2D eigenvalue weighted by atomic mass is 10.0. The third-order valence-electron chi connectivity index (χ3n) is 6.90. The third-order valence-corrected chi connectivity index (χ3v) is 6.90. The summed E-state index contributed by atoms with van der Waals surface area (Å²) in [5.41, 5.74) is 5.71. The number of fused-ring (bicyclic) bond motifs is 1. The van der Waals surface area contributed by atoms with E-state index in [0.29, 0.717) is 31.0 Å². The lowest BCUT2D eigenvalue weighted by Crippen LogP contribution is -2.32. The molecule has 38 heavy (non-hydrogen) atoms. The zero-order valence-corrected chi connectivity index (χ0v) is 21.9. The van der Waals surface area contributed by atoms with Gasteiger partial charge in [0.15, 0.2) is 5.82 Å². The van der Waals surface area contributed by atoms with Crippen molar-refractivity contribution >= 4 is 10.9 Å². The number of H-pyrrole nitrogens is 1. The number of hydrogen-bond acceptors (Lipinski definition) is 5. The Morgan fingerprint density at radius 3 is 2.47 bits per heavy atom. The van der Waals surface area contributed by atoms with E-state index in [1.54, 1.807) is 16.8 Å². The van der Waals surface area contributed by atoms with Crippen LogP contribution in [0.1, 0.15) is 53.0 Å². The fourth-order valence-electron chi connectivity index (χ4n) is 5.09. The predicted molar refractivity (Wildman–Crippen MR) is 146 cm³/mol. The molecule has 194 valence electrons. The molecule has 0 aliphatic heterocycles. The molecule has 0 unspecified atom stereocenters. The zero-order valence-electron chi connectivity index (χ0n) is 21.9. The van der Waals surface area contributed by atoms with E-state index in [1.165, 1.54) is 12.1 Å². The van der Waals surface area contributed by atoms with Crippen LogP contribution in [0.2, 0.25) is 0 Å². The first kappa shape index (κ1) is 25.5. The topological polar surface area (TPSA) is 79.7 Å². The van der Waals surface area contributed by atoms with Crippen molar-refractivity contribution in [2.45, 2.75) is 52.9 Å². The number of nitrogens with zero attached hydrogens (tertiary/aromatic N) is 5. The van der Waals surface area contributed by atoms with Gasteiger partial charge >= 0.3 is 0 Å². The maximum absolute atomic E-state index is 13.4. The van der Waals surface area contributed by atoms with E-state index in [0.717, 1.165) is 39.6 Å². The van der Waals surface area contributed by atoms with Gasteiger partial charge in [-0.25, -0.2) is 9.07 Å². The SMILES string of the molecule is CC[C@H](c1nnnn1Cc1ccc(F)cc1)N(Cc1ccccc1)Cc1cc2cc(C)cc(C)c2[nH]c1=O. The second kappa shape index (κ2) is 11.1. The van der Waals surface area contributed by atoms with Gasteiger partial charge in [0.2, 0.25) is 0 Å². The van der Waals surface area contributed by atoms with E-state index in [-0.39, 0.29) is 17.4 Å². The van der Waals surface area contributed by atoms with Crippen LogP contribution in [0.3, 0.4) is 0 Å². The van der Waals surface area contributed by atoms with Crippen LogP contribution in [0.25, 0.3) is 10.9 Å². The van der Waals surface area contributed by atoms with Crippen LogP contribution in [0.15, 0.2) is 77.6 Å². The number of pyridine rings is 1. The minimum absolute atomic E-state index is 0.0942. The summed E-state index contributed by atoms with van der Waals surface area (Å²) in [6.07, 6.45) is 0.736. The Morgan fingerprint density at radius 2 is 1.74 bits per heavy atom. The molecule has 0 bridgehead atoms. The summed E-state index contributed by atoms with van der Waals surface area (Å²) in [7, 11) is 0. The first-order valence-corrected chi connectivity index (χ1v) is 12.8. The van der Waals surface area contributed by atoms with Gasteiger partial charge in [0.05, 0.1) is 18.1 Å². The number of aromatic amines is 1. The van der Waals surface area contributed by atoms with E-state index >= 15 is 0 Å². The molecule has 0 radical (unpaired) electrons. The van der Waals surface area contributed by atoms with Crippen molar-refractivity contribution in [3.05, 3.63) is 123 Å². The van der Waals surface area contributed by atoms with Gasteiger partial charge < -0.3 is 4.98 Å². The first-order valence-electron chi connectivity index (χ1n) is 12.8. The molecule has 0 fully saturated rings. The minimum Gasteiger partial charge on any atom is -0.321 e. The average Bonchev–Trinajstić information content (AvgIpc) is 3.35. The molecular weight excluding hydrogens is 479 g/mol. The molecule has 1 N–H and O–H groups in total. The molecule has 0 aliphatic carbocycles. The Labute approximate surface area is 220 Å². The zero-order chi connectivity index (χ0) is 26.6. The predicted octanol–water partition coefficient (Wildman–Crippen LogP) is 5.47. The molecule has 0 spiro atoms. The van der Waals surface area contributed by atoms with Gasteiger partial charge in [0.25, 0.3) is 5.56 Å². The maximum Gasteiger partial charge on any atom is 0.252 e. The molecule has 5 aromatic rings. The summed E-state index contributed by atoms with van der Waals surface area (Å²) < 4.78 is 15.2. The van der Waals surface area contributed by atoms with E-state index < -0.39 is 0 Å². The van der Waals surface area contributed by atoms with Crippen LogP contribution in [0.4, 0.5) is 4.39 Å². The minimum atomic E-state index is -0.280. The van der Waals surface area contributed by atoms with Gasteiger partial charge in [-0.15, -0.1) is 5.10 Å². The largest absolute Gasteiger partial charge is 0.321 e. The third kappa shape index (κ3) is 5.55. The summed E-state index contributed by atoms with van der Waals surface area (Å²) in [5.74, 6) is 0.425. The Kier molecular flexibility index (Phi) is 7.42. The van der Waals surface area contributed by atoms with Gasteiger partial charge in [-0.2, -0.15) is 0 Å². The summed E-state index contributed by atoms with van der Waals surface area (Å²) in [6.45, 7) is 7.64. The van der Waals surface area contributed by atoms with Gasteiger partial charge in [-0.05, 0) is 77.0 Å². The highest BCUT2D eigenvalue weighted by atomic mass is 19.1. The van der Waals surface area contributed by atoms with Gasteiger partial charge in [0, 0.05) is 18.7 Å². The van der Waals surface area contributed by atoms with Crippen LogP contribution in [-0.4, -0.2) is 30.1 Å². The van der Waals surface area contributed by atoms with E-state index in [9.17, 15) is 9.18 Å². The Bertz CT molecular complexity index is 1590. The number of halogens is 1. The van der Waals surface area contributed by atoms with Gasteiger partial charge in [-0.3, -0.25) is 9.69 Å². The Morgan fingerprint density at radius 1 is 0.974 bits per heavy atom. The highest BCUT2D eigenvalue weighted by Crippen LogP contribution is 2.27. The van der Waals surface area contributed by atoms with Crippen molar-refractivity contribution in [3.8, 4) is 0 Å². The smallest absolute Gasteiger partial charge is 0.252 e. The van der Waals surface area contributed by atoms with Gasteiger partial charge in [0.1, 0.15) is 5.82 Å². The lowest BCUT2D eigenvalue weighted by molar-refractivity contribution is 0.161. The molecule has 0 saturated heterocycles.